The molecule has 4 rings (SSSR count). The van der Waals surface area contributed by atoms with Gasteiger partial charge in [-0.1, -0.05) is 0 Å². The first kappa shape index (κ1) is 23.9. The normalized spacial score (nSPS) is 18.9. The molecular weight excluding hydrogens is 486 g/mol. The summed E-state index contributed by atoms with van der Waals surface area (Å²) in [5.41, 5.74) is 0.566. The van der Waals surface area contributed by atoms with Gasteiger partial charge in [0.05, 0.1) is 36.3 Å². The minimum Gasteiger partial charge on any atom is -0.497 e. The van der Waals surface area contributed by atoms with Gasteiger partial charge in [0.15, 0.2) is 0 Å². The van der Waals surface area contributed by atoms with Crippen LogP contribution < -0.4 is 14.8 Å². The molecule has 2 aromatic carbocycles. The maximum Gasteiger partial charge on any atom is 0.322 e. The summed E-state index contributed by atoms with van der Waals surface area (Å²) < 4.78 is 65.4. The van der Waals surface area contributed by atoms with E-state index in [0.29, 0.717) is 17.2 Å². The smallest absolute Gasteiger partial charge is 0.322 e. The summed E-state index contributed by atoms with van der Waals surface area (Å²) in [6.45, 7) is -0.565. The van der Waals surface area contributed by atoms with Gasteiger partial charge in [-0.2, -0.15) is 4.31 Å². The lowest BCUT2D eigenvalue weighted by atomic mass is 10.1. The Morgan fingerprint density at radius 1 is 0.912 bits per heavy atom. The van der Waals surface area contributed by atoms with Gasteiger partial charge in [-0.3, -0.25) is 4.79 Å². The zero-order valence-electron chi connectivity index (χ0n) is 18.3. The van der Waals surface area contributed by atoms with Crippen LogP contribution in [-0.4, -0.2) is 70.0 Å². The molecule has 182 valence electrons. The molecule has 0 radical (unpaired) electrons. The highest BCUT2D eigenvalue weighted by molar-refractivity contribution is 7.89. The van der Waals surface area contributed by atoms with Crippen LogP contribution in [0.4, 0.5) is 0 Å². The van der Waals surface area contributed by atoms with Crippen LogP contribution in [0.2, 0.25) is 0 Å². The van der Waals surface area contributed by atoms with Crippen LogP contribution in [0.15, 0.2) is 69.7 Å². The van der Waals surface area contributed by atoms with E-state index in [0.717, 1.165) is 8.61 Å². The van der Waals surface area contributed by atoms with Crippen molar-refractivity contribution in [2.24, 2.45) is 0 Å². The van der Waals surface area contributed by atoms with Crippen molar-refractivity contribution < 1.29 is 36.2 Å². The van der Waals surface area contributed by atoms with E-state index in [-0.39, 0.29) is 28.6 Å². The summed E-state index contributed by atoms with van der Waals surface area (Å²) in [6, 6.07) is 9.93. The molecule has 0 amide bonds. The molecule has 0 saturated carbocycles. The van der Waals surface area contributed by atoms with Crippen LogP contribution >= 0.6 is 0 Å². The first-order chi connectivity index (χ1) is 16.1. The molecule has 0 bridgehead atoms. The van der Waals surface area contributed by atoms with Gasteiger partial charge in [0.2, 0.25) is 10.0 Å². The number of carboxylic acid groups (broad SMARTS) is 1. The summed E-state index contributed by atoms with van der Waals surface area (Å²) >= 11 is 0. The van der Waals surface area contributed by atoms with Crippen molar-refractivity contribution in [2.45, 2.75) is 22.3 Å². The number of carbonyl (C=O) groups is 1. The monoisotopic (exact) mass is 509 g/mol. The second-order valence-electron chi connectivity index (χ2n) is 7.57. The van der Waals surface area contributed by atoms with Crippen molar-refractivity contribution in [3.63, 3.8) is 0 Å². The lowest BCUT2D eigenvalue weighted by Gasteiger charge is -2.34. The molecule has 1 atom stereocenters. The zero-order valence-corrected chi connectivity index (χ0v) is 20.0. The van der Waals surface area contributed by atoms with Gasteiger partial charge in [-0.15, -0.1) is 0 Å². The molecule has 2 heterocycles. The topological polar surface area (TPSA) is 143 Å². The fourth-order valence-electron chi connectivity index (χ4n) is 3.88. The lowest BCUT2D eigenvalue weighted by molar-refractivity contribution is -0.141. The maximum atomic E-state index is 13.4. The minimum atomic E-state index is -4.27. The second kappa shape index (κ2) is 8.81. The third-order valence-electron chi connectivity index (χ3n) is 5.73. The highest BCUT2D eigenvalue weighted by Crippen LogP contribution is 2.35. The van der Waals surface area contributed by atoms with E-state index in [1.807, 2.05) is 0 Å². The Kier molecular flexibility index (Phi) is 6.18. The first-order valence-electron chi connectivity index (χ1n) is 10.1. The predicted octanol–water partition coefficient (Wildman–Crippen LogP) is 1.01. The van der Waals surface area contributed by atoms with E-state index in [2.05, 4.69) is 5.32 Å². The molecule has 13 heteroatoms. The number of carboxylic acids is 1. The van der Waals surface area contributed by atoms with Crippen molar-refractivity contribution in [1.29, 1.82) is 0 Å². The molecule has 2 N–H and O–H groups in total. The van der Waals surface area contributed by atoms with Crippen LogP contribution in [-0.2, 0) is 24.8 Å². The number of hydrogen-bond donors (Lipinski definition) is 2. The number of ether oxygens (including phenoxy) is 2. The van der Waals surface area contributed by atoms with Crippen LogP contribution in [0.25, 0.3) is 0 Å². The third-order valence-corrected chi connectivity index (χ3v) is 9.40. The average molecular weight is 510 g/mol. The number of hydrogen-bond acceptors (Lipinski definition) is 8. The quantitative estimate of drug-likeness (QED) is 0.559. The Morgan fingerprint density at radius 3 is 1.88 bits per heavy atom. The van der Waals surface area contributed by atoms with E-state index in [1.54, 1.807) is 0 Å². The number of benzene rings is 2. The molecule has 2 aliphatic heterocycles. The van der Waals surface area contributed by atoms with Gasteiger partial charge in [-0.05, 0) is 48.5 Å². The van der Waals surface area contributed by atoms with Crippen molar-refractivity contribution in [3.8, 4) is 11.5 Å². The zero-order chi connectivity index (χ0) is 24.7. The Bertz CT molecular complexity index is 1340. The van der Waals surface area contributed by atoms with Gasteiger partial charge in [0, 0.05) is 12.1 Å². The molecule has 0 fully saturated rings. The molecule has 0 saturated heterocycles. The van der Waals surface area contributed by atoms with Gasteiger partial charge in [-0.25, -0.2) is 21.1 Å². The van der Waals surface area contributed by atoms with Crippen molar-refractivity contribution in [2.75, 3.05) is 27.4 Å². The highest BCUT2D eigenvalue weighted by atomic mass is 32.2. The average Bonchev–Trinajstić information content (AvgIpc) is 3.27. The number of nitrogens with one attached hydrogen (secondary N) is 1. The van der Waals surface area contributed by atoms with Crippen molar-refractivity contribution in [1.82, 2.24) is 13.9 Å². The summed E-state index contributed by atoms with van der Waals surface area (Å²) in [5, 5.41) is 12.7. The summed E-state index contributed by atoms with van der Waals surface area (Å²) in [6.07, 6.45) is -0.200. The maximum absolute atomic E-state index is 13.4. The van der Waals surface area contributed by atoms with E-state index in [4.69, 9.17) is 9.47 Å². The Hall–Kier alpha value is -3.29. The second-order valence-corrected chi connectivity index (χ2v) is 11.3. The van der Waals surface area contributed by atoms with Gasteiger partial charge in [0.1, 0.15) is 24.2 Å². The van der Waals surface area contributed by atoms with E-state index in [9.17, 15) is 26.7 Å². The fourth-order valence-corrected chi connectivity index (χ4v) is 6.85. The fraction of sp³-hybridized carbons (Fsp3) is 0.286. The van der Waals surface area contributed by atoms with Crippen LogP contribution in [0.3, 0.4) is 0 Å². The molecule has 0 spiro atoms. The molecule has 0 aliphatic carbocycles. The van der Waals surface area contributed by atoms with E-state index in [1.165, 1.54) is 62.8 Å². The molecule has 2 aliphatic rings. The van der Waals surface area contributed by atoms with Gasteiger partial charge >= 0.3 is 5.97 Å². The molecule has 11 nitrogen and oxygen atoms in total. The molecular formula is C21H23N3O8S2. The minimum absolute atomic E-state index is 0.00577. The highest BCUT2D eigenvalue weighted by Gasteiger charge is 2.45. The van der Waals surface area contributed by atoms with Crippen LogP contribution in [0.1, 0.15) is 6.42 Å². The van der Waals surface area contributed by atoms with Crippen molar-refractivity contribution >= 4 is 26.0 Å². The number of aliphatic carboxylic acids is 1. The summed E-state index contributed by atoms with van der Waals surface area (Å²) in [5.74, 6) is -0.409. The molecule has 2 aromatic rings. The molecule has 0 aromatic heterocycles. The Labute approximate surface area is 197 Å². The molecule has 0 unspecified atom stereocenters. The van der Waals surface area contributed by atoms with E-state index >= 15 is 0 Å². The Balaban J connectivity index is 1.71. The number of sulfonamides is 2. The SMILES string of the molecule is COc1ccc(S(=O)(=O)N2CNC3=C2CN(S(=O)(=O)c2ccc(OC)cc2)[C@@H](C(=O)O)C3)cc1. The first-order valence-corrected chi connectivity index (χ1v) is 13.0. The predicted molar refractivity (Wildman–Crippen MR) is 120 cm³/mol. The standard InChI is InChI=1S/C21H23N3O8S2/c1-31-14-3-7-16(8-4-14)33(27,28)23-12-20-18(11-19(23)21(25)26)22-13-24(20)34(29,30)17-9-5-15(32-2)6-10-17/h3-10,19,22H,11-13H2,1-2H3,(H,25,26)/t19-/m1/s1. The Morgan fingerprint density at radius 2 is 1.41 bits per heavy atom. The number of methoxy groups -OCH3 is 2. The third kappa shape index (κ3) is 4.06. The van der Waals surface area contributed by atoms with Crippen LogP contribution in [0, 0.1) is 0 Å². The van der Waals surface area contributed by atoms with Gasteiger partial charge in [0.25, 0.3) is 10.0 Å². The van der Waals surface area contributed by atoms with E-state index < -0.39 is 38.6 Å². The lowest BCUT2D eigenvalue weighted by Crippen LogP contribution is -2.50. The largest absolute Gasteiger partial charge is 0.497 e. The number of nitrogens with zero attached hydrogens (tertiary/aromatic N) is 2. The summed E-state index contributed by atoms with van der Waals surface area (Å²) in [7, 11) is -5.41. The molecule has 34 heavy (non-hydrogen) atoms. The van der Waals surface area contributed by atoms with Crippen LogP contribution in [0.5, 0.6) is 11.5 Å². The summed E-state index contributed by atoms with van der Waals surface area (Å²) in [4.78, 5) is 11.8. The number of rotatable bonds is 7. The van der Waals surface area contributed by atoms with Crippen molar-refractivity contribution in [3.05, 3.63) is 59.9 Å². The van der Waals surface area contributed by atoms with Gasteiger partial charge < -0.3 is 19.9 Å².